The van der Waals surface area contributed by atoms with E-state index in [0.717, 1.165) is 17.1 Å². The van der Waals surface area contributed by atoms with Crippen molar-refractivity contribution in [1.82, 2.24) is 14.9 Å². The fraction of sp³-hybridized carbons (Fsp3) is 0.364. The van der Waals surface area contributed by atoms with E-state index in [1.807, 2.05) is 16.8 Å². The first kappa shape index (κ1) is 13.1. The van der Waals surface area contributed by atoms with Crippen molar-refractivity contribution in [1.29, 1.82) is 0 Å². The Bertz CT molecular complexity index is 510. The highest BCUT2D eigenvalue weighted by Crippen LogP contribution is 2.19. The molecule has 1 amide bonds. The molecule has 0 saturated heterocycles. The molecule has 2 aromatic rings. The van der Waals surface area contributed by atoms with Crippen molar-refractivity contribution >= 4 is 28.8 Å². The van der Waals surface area contributed by atoms with Crippen LogP contribution in [0.2, 0.25) is 0 Å². The van der Waals surface area contributed by atoms with Gasteiger partial charge in [-0.3, -0.25) is 4.79 Å². The lowest BCUT2D eigenvalue weighted by molar-refractivity contribution is 0.0831. The lowest BCUT2D eigenvalue weighted by atomic mass is 10.2. The van der Waals surface area contributed by atoms with Crippen LogP contribution >= 0.6 is 22.9 Å². The number of aromatic nitrogens is 2. The summed E-state index contributed by atoms with van der Waals surface area (Å²) in [5, 5.41) is 10.6. The molecule has 0 bridgehead atoms. The number of ether oxygens (including phenoxy) is 1. The van der Waals surface area contributed by atoms with Gasteiger partial charge in [-0.1, -0.05) is 4.49 Å². The standard InChI is InChI=1S/C11H13N3O2S2/c1-7-10(18-14-13-7)11(15)12-5-9(16-2)8-3-4-17-6-8/h3-4,6,9H,5H2,1-2H3,(H,12,15). The summed E-state index contributed by atoms with van der Waals surface area (Å²) in [7, 11) is 1.63. The van der Waals surface area contributed by atoms with Gasteiger partial charge in [0, 0.05) is 13.7 Å². The molecule has 7 heteroatoms. The Kier molecular flexibility index (Phi) is 4.40. The lowest BCUT2D eigenvalue weighted by Gasteiger charge is -2.14. The number of rotatable bonds is 5. The number of methoxy groups -OCH3 is 1. The topological polar surface area (TPSA) is 64.1 Å². The van der Waals surface area contributed by atoms with Gasteiger partial charge in [0.05, 0.1) is 5.69 Å². The number of amides is 1. The molecule has 18 heavy (non-hydrogen) atoms. The van der Waals surface area contributed by atoms with Crippen LogP contribution in [-0.4, -0.2) is 29.1 Å². The second-order valence-electron chi connectivity index (χ2n) is 3.68. The predicted molar refractivity (Wildman–Crippen MR) is 71.0 cm³/mol. The third-order valence-electron chi connectivity index (χ3n) is 2.51. The van der Waals surface area contributed by atoms with Gasteiger partial charge in [-0.05, 0) is 40.8 Å². The van der Waals surface area contributed by atoms with Crippen LogP contribution in [0.1, 0.15) is 27.0 Å². The maximum absolute atomic E-state index is 11.9. The van der Waals surface area contributed by atoms with Crippen LogP contribution in [0.5, 0.6) is 0 Å². The SMILES string of the molecule is COC(CNC(=O)c1snnc1C)c1ccsc1. The largest absolute Gasteiger partial charge is 0.375 e. The predicted octanol–water partition coefficient (Wildman–Crippen LogP) is 2.03. The molecule has 2 heterocycles. The summed E-state index contributed by atoms with van der Waals surface area (Å²) in [6.45, 7) is 2.20. The van der Waals surface area contributed by atoms with Crippen LogP contribution in [-0.2, 0) is 4.74 Å². The Morgan fingerprint density at radius 2 is 2.44 bits per heavy atom. The van der Waals surface area contributed by atoms with E-state index < -0.39 is 0 Å². The van der Waals surface area contributed by atoms with Gasteiger partial charge < -0.3 is 10.1 Å². The van der Waals surface area contributed by atoms with Crippen LogP contribution in [0.3, 0.4) is 0 Å². The van der Waals surface area contributed by atoms with E-state index in [1.165, 1.54) is 0 Å². The van der Waals surface area contributed by atoms with Crippen LogP contribution in [0, 0.1) is 6.92 Å². The second kappa shape index (κ2) is 6.03. The number of aryl methyl sites for hydroxylation is 1. The van der Waals surface area contributed by atoms with Crippen molar-refractivity contribution in [2.75, 3.05) is 13.7 Å². The zero-order chi connectivity index (χ0) is 13.0. The molecule has 0 aliphatic heterocycles. The van der Waals surface area contributed by atoms with Gasteiger partial charge in [0.2, 0.25) is 0 Å². The molecule has 2 aromatic heterocycles. The molecule has 1 atom stereocenters. The highest BCUT2D eigenvalue weighted by Gasteiger charge is 2.16. The quantitative estimate of drug-likeness (QED) is 0.912. The van der Waals surface area contributed by atoms with Crippen molar-refractivity contribution in [2.24, 2.45) is 0 Å². The van der Waals surface area contributed by atoms with Crippen LogP contribution < -0.4 is 5.32 Å². The van der Waals surface area contributed by atoms with Crippen LogP contribution in [0.15, 0.2) is 16.8 Å². The third-order valence-corrected chi connectivity index (χ3v) is 4.03. The first-order chi connectivity index (χ1) is 8.72. The number of hydrogen-bond acceptors (Lipinski definition) is 6. The molecule has 96 valence electrons. The number of hydrogen-bond donors (Lipinski definition) is 1. The highest BCUT2D eigenvalue weighted by molar-refractivity contribution is 7.08. The average Bonchev–Trinajstić information content (AvgIpc) is 3.01. The zero-order valence-corrected chi connectivity index (χ0v) is 11.7. The molecule has 0 saturated carbocycles. The molecule has 0 fully saturated rings. The van der Waals surface area contributed by atoms with E-state index >= 15 is 0 Å². The molecule has 1 N–H and O–H groups in total. The summed E-state index contributed by atoms with van der Waals surface area (Å²) in [6, 6.07) is 1.99. The maximum Gasteiger partial charge on any atom is 0.265 e. The number of nitrogens with zero attached hydrogens (tertiary/aromatic N) is 2. The Hall–Kier alpha value is -1.31. The molecule has 0 aliphatic carbocycles. The monoisotopic (exact) mass is 283 g/mol. The molecule has 0 spiro atoms. The summed E-state index contributed by atoms with van der Waals surface area (Å²) < 4.78 is 9.10. The minimum Gasteiger partial charge on any atom is -0.375 e. The zero-order valence-electron chi connectivity index (χ0n) is 10.0. The summed E-state index contributed by atoms with van der Waals surface area (Å²) in [6.07, 6.45) is -0.124. The Morgan fingerprint density at radius 3 is 3.00 bits per heavy atom. The number of carbonyl (C=O) groups is 1. The van der Waals surface area contributed by atoms with Gasteiger partial charge in [0.25, 0.3) is 5.91 Å². The Labute approximate surface area is 113 Å². The van der Waals surface area contributed by atoms with Gasteiger partial charge in [-0.15, -0.1) is 5.10 Å². The summed E-state index contributed by atoms with van der Waals surface area (Å²) >= 11 is 2.71. The summed E-state index contributed by atoms with van der Waals surface area (Å²) in [4.78, 5) is 12.4. The molecule has 0 radical (unpaired) electrons. The van der Waals surface area contributed by atoms with E-state index in [2.05, 4.69) is 14.9 Å². The molecular formula is C11H13N3O2S2. The fourth-order valence-electron chi connectivity index (χ4n) is 1.50. The maximum atomic E-state index is 11.9. The molecule has 2 rings (SSSR count). The molecule has 1 unspecified atom stereocenters. The van der Waals surface area contributed by atoms with Crippen molar-refractivity contribution < 1.29 is 9.53 Å². The average molecular weight is 283 g/mol. The summed E-state index contributed by atoms with van der Waals surface area (Å²) in [5.41, 5.74) is 1.73. The lowest BCUT2D eigenvalue weighted by Crippen LogP contribution is -2.28. The first-order valence-electron chi connectivity index (χ1n) is 5.34. The first-order valence-corrected chi connectivity index (χ1v) is 7.06. The van der Waals surface area contributed by atoms with Gasteiger partial charge in [-0.2, -0.15) is 11.3 Å². The molecule has 0 aromatic carbocycles. The number of carbonyl (C=O) groups excluding carboxylic acids is 1. The van der Waals surface area contributed by atoms with E-state index in [-0.39, 0.29) is 12.0 Å². The Balaban J connectivity index is 1.95. The summed E-state index contributed by atoms with van der Waals surface area (Å²) in [5.74, 6) is -0.153. The van der Waals surface area contributed by atoms with Gasteiger partial charge in [0.1, 0.15) is 11.0 Å². The minimum atomic E-state index is -0.153. The van der Waals surface area contributed by atoms with E-state index in [9.17, 15) is 4.79 Å². The number of thiophene rings is 1. The molecule has 0 aliphatic rings. The van der Waals surface area contributed by atoms with Crippen molar-refractivity contribution in [3.63, 3.8) is 0 Å². The van der Waals surface area contributed by atoms with E-state index in [0.29, 0.717) is 17.1 Å². The third kappa shape index (κ3) is 2.92. The van der Waals surface area contributed by atoms with Crippen molar-refractivity contribution in [3.05, 3.63) is 33.0 Å². The Morgan fingerprint density at radius 1 is 1.61 bits per heavy atom. The minimum absolute atomic E-state index is 0.124. The smallest absolute Gasteiger partial charge is 0.265 e. The van der Waals surface area contributed by atoms with Crippen molar-refractivity contribution in [2.45, 2.75) is 13.0 Å². The van der Waals surface area contributed by atoms with Gasteiger partial charge in [0.15, 0.2) is 0 Å². The molecular weight excluding hydrogens is 270 g/mol. The van der Waals surface area contributed by atoms with Crippen molar-refractivity contribution in [3.8, 4) is 0 Å². The second-order valence-corrected chi connectivity index (χ2v) is 5.21. The van der Waals surface area contributed by atoms with Gasteiger partial charge in [-0.25, -0.2) is 0 Å². The van der Waals surface area contributed by atoms with Crippen LogP contribution in [0.4, 0.5) is 0 Å². The van der Waals surface area contributed by atoms with E-state index in [1.54, 1.807) is 25.4 Å². The fourth-order valence-corrected chi connectivity index (χ4v) is 2.78. The van der Waals surface area contributed by atoms with Gasteiger partial charge >= 0.3 is 0 Å². The highest BCUT2D eigenvalue weighted by atomic mass is 32.1. The normalized spacial score (nSPS) is 12.3. The van der Waals surface area contributed by atoms with Crippen LogP contribution in [0.25, 0.3) is 0 Å². The number of nitrogens with one attached hydrogen (secondary N) is 1. The van der Waals surface area contributed by atoms with E-state index in [4.69, 9.17) is 4.74 Å². The molecule has 5 nitrogen and oxygen atoms in total.